The zero-order chi connectivity index (χ0) is 5.82. The quantitative estimate of drug-likeness (QED) is 0.539. The fourth-order valence-corrected chi connectivity index (χ4v) is 0.959. The smallest absolute Gasteiger partial charge is 0.000825 e. The van der Waals surface area contributed by atoms with E-state index in [0.717, 1.165) is 12.5 Å². The van der Waals surface area contributed by atoms with E-state index < -0.39 is 0 Å². The summed E-state index contributed by atoms with van der Waals surface area (Å²) in [6, 6.07) is 0. The second kappa shape index (κ2) is 3.05. The van der Waals surface area contributed by atoms with Gasteiger partial charge in [-0.25, -0.2) is 0 Å². The lowest BCUT2D eigenvalue weighted by Gasteiger charge is -2.26. The van der Waals surface area contributed by atoms with E-state index in [4.69, 9.17) is 5.73 Å². The van der Waals surface area contributed by atoms with Crippen LogP contribution in [-0.4, -0.2) is 19.6 Å². The van der Waals surface area contributed by atoms with Crippen molar-refractivity contribution in [2.75, 3.05) is 19.6 Å². The van der Waals surface area contributed by atoms with Crippen LogP contribution >= 0.6 is 0 Å². The molecule has 0 bridgehead atoms. The van der Waals surface area contributed by atoms with Gasteiger partial charge in [0.05, 0.1) is 0 Å². The van der Waals surface area contributed by atoms with Crippen LogP contribution in [0.15, 0.2) is 0 Å². The highest BCUT2D eigenvalue weighted by molar-refractivity contribution is 4.73. The largest absolute Gasteiger partial charge is 0.330 e. The van der Waals surface area contributed by atoms with Crippen LogP contribution in [0.5, 0.6) is 0 Å². The lowest BCUT2D eigenvalue weighted by Crippen LogP contribution is -2.41. The van der Waals surface area contributed by atoms with Crippen molar-refractivity contribution in [2.24, 2.45) is 11.7 Å². The Morgan fingerprint density at radius 2 is 2.25 bits per heavy atom. The van der Waals surface area contributed by atoms with Gasteiger partial charge in [-0.05, 0) is 38.4 Å². The SMILES string of the molecule is NCCCC1CNC1. The van der Waals surface area contributed by atoms with E-state index in [0.29, 0.717) is 0 Å². The number of rotatable bonds is 3. The van der Waals surface area contributed by atoms with Crippen LogP contribution in [0, 0.1) is 5.92 Å². The molecule has 0 saturated carbocycles. The zero-order valence-corrected chi connectivity index (χ0v) is 5.19. The van der Waals surface area contributed by atoms with E-state index in [1.54, 1.807) is 0 Å². The van der Waals surface area contributed by atoms with Gasteiger partial charge in [0.2, 0.25) is 0 Å². The third-order valence-electron chi connectivity index (χ3n) is 1.68. The predicted octanol–water partition coefficient (Wildman–Crippen LogP) is -0.0553. The summed E-state index contributed by atoms with van der Waals surface area (Å²) in [6.07, 6.45) is 2.52. The molecule has 0 aromatic heterocycles. The van der Waals surface area contributed by atoms with Crippen molar-refractivity contribution in [3.05, 3.63) is 0 Å². The van der Waals surface area contributed by atoms with Crippen molar-refractivity contribution >= 4 is 0 Å². The lowest BCUT2D eigenvalue weighted by atomic mass is 9.98. The molecule has 2 heteroatoms. The summed E-state index contributed by atoms with van der Waals surface area (Å²) in [5.41, 5.74) is 5.34. The summed E-state index contributed by atoms with van der Waals surface area (Å²) in [4.78, 5) is 0. The molecule has 1 saturated heterocycles. The Labute approximate surface area is 50.4 Å². The van der Waals surface area contributed by atoms with Gasteiger partial charge in [-0.1, -0.05) is 0 Å². The number of hydrogen-bond acceptors (Lipinski definition) is 2. The van der Waals surface area contributed by atoms with Gasteiger partial charge in [0.15, 0.2) is 0 Å². The molecule has 2 nitrogen and oxygen atoms in total. The zero-order valence-electron chi connectivity index (χ0n) is 5.19. The molecule has 0 aromatic rings. The summed E-state index contributed by atoms with van der Waals surface area (Å²) in [5, 5.41) is 3.23. The van der Waals surface area contributed by atoms with Crippen LogP contribution in [0.2, 0.25) is 0 Å². The summed E-state index contributed by atoms with van der Waals surface area (Å²) >= 11 is 0. The number of nitrogens with two attached hydrogens (primary N) is 1. The van der Waals surface area contributed by atoms with Crippen LogP contribution < -0.4 is 11.1 Å². The van der Waals surface area contributed by atoms with Crippen molar-refractivity contribution in [1.82, 2.24) is 5.32 Å². The molecular weight excluding hydrogens is 100 g/mol. The molecule has 3 N–H and O–H groups in total. The molecule has 1 aliphatic heterocycles. The van der Waals surface area contributed by atoms with Crippen LogP contribution in [0.3, 0.4) is 0 Å². The van der Waals surface area contributed by atoms with Crippen molar-refractivity contribution in [1.29, 1.82) is 0 Å². The first-order chi connectivity index (χ1) is 3.93. The highest BCUT2D eigenvalue weighted by Crippen LogP contribution is 2.09. The standard InChI is InChI=1S/C6H14N2/c7-3-1-2-6-4-8-5-6/h6,8H,1-5,7H2. The Hall–Kier alpha value is -0.0800. The first kappa shape index (κ1) is 6.05. The van der Waals surface area contributed by atoms with Crippen LogP contribution in [0.4, 0.5) is 0 Å². The summed E-state index contributed by atoms with van der Waals surface area (Å²) in [6.45, 7) is 3.30. The Bertz CT molecular complexity index is 59.5. The van der Waals surface area contributed by atoms with Crippen molar-refractivity contribution < 1.29 is 0 Å². The van der Waals surface area contributed by atoms with Gasteiger partial charge >= 0.3 is 0 Å². The average Bonchev–Trinajstić information content (AvgIpc) is 1.63. The molecule has 48 valence electrons. The molecule has 0 amide bonds. The molecule has 1 heterocycles. The Morgan fingerprint density at radius 3 is 2.62 bits per heavy atom. The fraction of sp³-hybridized carbons (Fsp3) is 1.00. The second-order valence-corrected chi connectivity index (χ2v) is 2.46. The van der Waals surface area contributed by atoms with E-state index in [9.17, 15) is 0 Å². The predicted molar refractivity (Wildman–Crippen MR) is 34.6 cm³/mol. The van der Waals surface area contributed by atoms with Gasteiger partial charge in [-0.15, -0.1) is 0 Å². The molecule has 1 aliphatic rings. The van der Waals surface area contributed by atoms with Gasteiger partial charge in [-0.3, -0.25) is 0 Å². The van der Waals surface area contributed by atoms with Gasteiger partial charge in [0, 0.05) is 0 Å². The van der Waals surface area contributed by atoms with E-state index in [-0.39, 0.29) is 0 Å². The highest BCUT2D eigenvalue weighted by atomic mass is 14.9. The number of nitrogens with one attached hydrogen (secondary N) is 1. The minimum absolute atomic E-state index is 0.858. The van der Waals surface area contributed by atoms with Crippen molar-refractivity contribution in [3.8, 4) is 0 Å². The highest BCUT2D eigenvalue weighted by Gasteiger charge is 2.14. The Morgan fingerprint density at radius 1 is 1.50 bits per heavy atom. The third kappa shape index (κ3) is 1.46. The minimum Gasteiger partial charge on any atom is -0.330 e. The van der Waals surface area contributed by atoms with Gasteiger partial charge in [0.25, 0.3) is 0 Å². The second-order valence-electron chi connectivity index (χ2n) is 2.46. The van der Waals surface area contributed by atoms with Crippen molar-refractivity contribution in [2.45, 2.75) is 12.8 Å². The maximum Gasteiger partial charge on any atom is -0.000825 e. The Kier molecular flexibility index (Phi) is 2.30. The van der Waals surface area contributed by atoms with Crippen LogP contribution in [-0.2, 0) is 0 Å². The van der Waals surface area contributed by atoms with Gasteiger partial charge in [0.1, 0.15) is 0 Å². The lowest BCUT2D eigenvalue weighted by molar-refractivity contribution is 0.322. The van der Waals surface area contributed by atoms with Crippen LogP contribution in [0.1, 0.15) is 12.8 Å². The first-order valence-electron chi connectivity index (χ1n) is 3.34. The van der Waals surface area contributed by atoms with Crippen molar-refractivity contribution in [3.63, 3.8) is 0 Å². The normalized spacial score (nSPS) is 20.6. The summed E-state index contributed by atoms with van der Waals surface area (Å²) < 4.78 is 0. The van der Waals surface area contributed by atoms with E-state index in [2.05, 4.69) is 5.32 Å². The molecule has 8 heavy (non-hydrogen) atoms. The third-order valence-corrected chi connectivity index (χ3v) is 1.68. The van der Waals surface area contributed by atoms with E-state index in [1.807, 2.05) is 0 Å². The molecule has 0 unspecified atom stereocenters. The first-order valence-corrected chi connectivity index (χ1v) is 3.34. The summed E-state index contributed by atoms with van der Waals surface area (Å²) in [5.74, 6) is 0.943. The maximum absolute atomic E-state index is 5.34. The topological polar surface area (TPSA) is 38.0 Å². The summed E-state index contributed by atoms with van der Waals surface area (Å²) in [7, 11) is 0. The molecule has 0 aromatic carbocycles. The molecule has 0 radical (unpaired) electrons. The number of hydrogen-bond donors (Lipinski definition) is 2. The average molecular weight is 114 g/mol. The molecule has 1 fully saturated rings. The Balaban J connectivity index is 1.86. The van der Waals surface area contributed by atoms with Gasteiger partial charge < -0.3 is 11.1 Å². The molecule has 0 atom stereocenters. The monoisotopic (exact) mass is 114 g/mol. The molecular formula is C6H14N2. The molecule has 0 aliphatic carbocycles. The van der Waals surface area contributed by atoms with E-state index in [1.165, 1.54) is 25.9 Å². The van der Waals surface area contributed by atoms with E-state index >= 15 is 0 Å². The van der Waals surface area contributed by atoms with Crippen LogP contribution in [0.25, 0.3) is 0 Å². The fourth-order valence-electron chi connectivity index (χ4n) is 0.959. The maximum atomic E-state index is 5.34. The van der Waals surface area contributed by atoms with Gasteiger partial charge in [-0.2, -0.15) is 0 Å². The minimum atomic E-state index is 0.858. The molecule has 0 spiro atoms. The molecule has 1 rings (SSSR count).